The van der Waals surface area contributed by atoms with E-state index < -0.39 is 5.97 Å². The Bertz CT molecular complexity index is 674. The van der Waals surface area contributed by atoms with E-state index in [0.717, 1.165) is 5.39 Å². The minimum absolute atomic E-state index is 0.184. The number of carboxylic acids is 1. The predicted molar refractivity (Wildman–Crippen MR) is 74.6 cm³/mol. The molecule has 6 heteroatoms. The molecule has 0 saturated carbocycles. The summed E-state index contributed by atoms with van der Waals surface area (Å²) in [5.41, 5.74) is 1.37. The number of H-pyrrole nitrogens is 1. The average Bonchev–Trinajstić information content (AvgIpc) is 2.62. The summed E-state index contributed by atoms with van der Waals surface area (Å²) in [6, 6.07) is 3.39. The zero-order valence-electron chi connectivity index (χ0n) is 9.22. The van der Waals surface area contributed by atoms with Gasteiger partial charge >= 0.3 is 5.97 Å². The van der Waals surface area contributed by atoms with Crippen molar-refractivity contribution in [1.29, 1.82) is 0 Å². The molecule has 18 heavy (non-hydrogen) atoms. The molecule has 0 bridgehead atoms. The maximum Gasteiger partial charge on any atom is 0.331 e. The Morgan fingerprint density at radius 2 is 2.00 bits per heavy atom. The molecule has 1 heterocycles. The van der Waals surface area contributed by atoms with Crippen LogP contribution in [-0.4, -0.2) is 16.1 Å². The molecule has 0 atom stereocenters. The van der Waals surface area contributed by atoms with Crippen LogP contribution in [0.15, 0.2) is 17.7 Å². The number of aliphatic carboxylic acids is 1. The van der Waals surface area contributed by atoms with Crippen LogP contribution in [0.4, 0.5) is 0 Å². The molecule has 0 fully saturated rings. The van der Waals surface area contributed by atoms with Crippen molar-refractivity contribution in [1.82, 2.24) is 4.98 Å². The van der Waals surface area contributed by atoms with Gasteiger partial charge in [0.15, 0.2) is 0 Å². The quantitative estimate of drug-likeness (QED) is 0.796. The molecule has 2 rings (SSSR count). The van der Waals surface area contributed by atoms with Crippen LogP contribution in [0, 0.1) is 0 Å². The van der Waals surface area contributed by atoms with E-state index in [1.54, 1.807) is 12.1 Å². The number of hydrogen-bond donors (Lipinski definition) is 2. The summed E-state index contributed by atoms with van der Waals surface area (Å²) in [5.74, 6) is -1.000. The van der Waals surface area contributed by atoms with E-state index in [-0.39, 0.29) is 5.57 Å². The van der Waals surface area contributed by atoms with Crippen LogP contribution in [0.25, 0.3) is 17.0 Å². The molecular formula is C12H8Cl3NO2. The van der Waals surface area contributed by atoms with E-state index in [0.29, 0.717) is 26.3 Å². The van der Waals surface area contributed by atoms with Crippen LogP contribution < -0.4 is 0 Å². The molecule has 0 aliphatic heterocycles. The van der Waals surface area contributed by atoms with E-state index in [1.165, 1.54) is 13.0 Å². The second-order valence-corrected chi connectivity index (χ2v) is 4.93. The highest BCUT2D eigenvalue weighted by Crippen LogP contribution is 2.36. The van der Waals surface area contributed by atoms with E-state index in [2.05, 4.69) is 4.98 Å². The number of fused-ring (bicyclic) bond motifs is 1. The smallest absolute Gasteiger partial charge is 0.331 e. The number of benzene rings is 1. The van der Waals surface area contributed by atoms with E-state index in [4.69, 9.17) is 39.9 Å². The first kappa shape index (κ1) is 13.3. The highest BCUT2D eigenvalue weighted by molar-refractivity contribution is 6.45. The van der Waals surface area contributed by atoms with Crippen LogP contribution in [0.1, 0.15) is 12.5 Å². The van der Waals surface area contributed by atoms with E-state index >= 15 is 0 Å². The first-order valence-electron chi connectivity index (χ1n) is 4.98. The zero-order chi connectivity index (χ0) is 13.4. The highest BCUT2D eigenvalue weighted by atomic mass is 35.5. The van der Waals surface area contributed by atoms with Gasteiger partial charge in [-0.15, -0.1) is 0 Å². The monoisotopic (exact) mass is 303 g/mol. The van der Waals surface area contributed by atoms with Gasteiger partial charge in [0.25, 0.3) is 0 Å². The second kappa shape index (κ2) is 4.84. The number of carboxylic acid groups (broad SMARTS) is 1. The molecule has 1 aromatic carbocycles. The number of halogens is 3. The Kier molecular flexibility index (Phi) is 3.57. The molecule has 0 aliphatic carbocycles. The van der Waals surface area contributed by atoms with Crippen molar-refractivity contribution < 1.29 is 9.90 Å². The third-order valence-electron chi connectivity index (χ3n) is 2.55. The van der Waals surface area contributed by atoms with Gasteiger partial charge in [-0.3, -0.25) is 0 Å². The molecule has 0 spiro atoms. The number of hydrogen-bond acceptors (Lipinski definition) is 1. The summed E-state index contributed by atoms with van der Waals surface area (Å²) in [4.78, 5) is 13.7. The van der Waals surface area contributed by atoms with Gasteiger partial charge in [0, 0.05) is 16.5 Å². The lowest BCUT2D eigenvalue weighted by atomic mass is 10.1. The van der Waals surface area contributed by atoms with Crippen LogP contribution in [-0.2, 0) is 4.79 Å². The minimum atomic E-state index is -1.000. The summed E-state index contributed by atoms with van der Waals surface area (Å²) < 4.78 is 0. The van der Waals surface area contributed by atoms with Gasteiger partial charge in [0.05, 0.1) is 15.6 Å². The van der Waals surface area contributed by atoms with E-state index in [1.807, 2.05) is 0 Å². The number of aromatic nitrogens is 1. The number of rotatable bonds is 2. The van der Waals surface area contributed by atoms with Crippen molar-refractivity contribution in [2.24, 2.45) is 0 Å². The fraction of sp³-hybridized carbons (Fsp3) is 0.0833. The molecule has 0 unspecified atom stereocenters. The molecule has 0 aliphatic rings. The summed E-state index contributed by atoms with van der Waals surface area (Å²) in [6.07, 6.45) is 1.49. The Hall–Kier alpha value is -1.16. The van der Waals surface area contributed by atoms with Gasteiger partial charge in [-0.05, 0) is 19.1 Å². The molecule has 0 saturated heterocycles. The molecule has 0 radical (unpaired) electrons. The van der Waals surface area contributed by atoms with Crippen LogP contribution in [0.2, 0.25) is 15.2 Å². The molecule has 94 valence electrons. The molecule has 2 N–H and O–H groups in total. The number of carbonyl (C=O) groups is 1. The fourth-order valence-electron chi connectivity index (χ4n) is 1.61. The minimum Gasteiger partial charge on any atom is -0.478 e. The lowest BCUT2D eigenvalue weighted by Crippen LogP contribution is -1.95. The summed E-state index contributed by atoms with van der Waals surface area (Å²) in [6.45, 7) is 1.50. The maximum atomic E-state index is 10.8. The maximum absolute atomic E-state index is 10.8. The van der Waals surface area contributed by atoms with Gasteiger partial charge in [0.1, 0.15) is 5.15 Å². The van der Waals surface area contributed by atoms with Crippen LogP contribution in [0.5, 0.6) is 0 Å². The molecule has 1 aromatic heterocycles. The van der Waals surface area contributed by atoms with Gasteiger partial charge in [-0.1, -0.05) is 40.9 Å². The highest BCUT2D eigenvalue weighted by Gasteiger charge is 2.13. The van der Waals surface area contributed by atoms with Crippen molar-refractivity contribution in [2.75, 3.05) is 0 Å². The Balaban J connectivity index is 2.73. The topological polar surface area (TPSA) is 53.1 Å². The van der Waals surface area contributed by atoms with Crippen molar-refractivity contribution >= 4 is 57.8 Å². The third-order valence-corrected chi connectivity index (χ3v) is 3.66. The largest absolute Gasteiger partial charge is 0.478 e. The van der Waals surface area contributed by atoms with Gasteiger partial charge < -0.3 is 10.1 Å². The third kappa shape index (κ3) is 2.21. The Labute approximate surface area is 118 Å². The SMILES string of the molecule is C/C(=C\c1c(Cl)[nH]c2c(Cl)c(Cl)ccc12)C(=O)O. The first-order chi connectivity index (χ1) is 8.41. The lowest BCUT2D eigenvalue weighted by molar-refractivity contribution is -0.132. The predicted octanol–water partition coefficient (Wildman–Crippen LogP) is 4.62. The van der Waals surface area contributed by atoms with Crippen molar-refractivity contribution in [3.8, 4) is 0 Å². The normalized spacial score (nSPS) is 12.1. The van der Waals surface area contributed by atoms with Crippen molar-refractivity contribution in [3.05, 3.63) is 38.5 Å². The Morgan fingerprint density at radius 3 is 2.61 bits per heavy atom. The number of aromatic amines is 1. The second-order valence-electron chi connectivity index (χ2n) is 3.77. The van der Waals surface area contributed by atoms with Gasteiger partial charge in [-0.2, -0.15) is 0 Å². The van der Waals surface area contributed by atoms with Crippen molar-refractivity contribution in [2.45, 2.75) is 6.92 Å². The van der Waals surface area contributed by atoms with Crippen LogP contribution >= 0.6 is 34.8 Å². The summed E-state index contributed by atoms with van der Waals surface area (Å²) >= 11 is 18.0. The van der Waals surface area contributed by atoms with E-state index in [9.17, 15) is 4.79 Å². The molecular weight excluding hydrogens is 296 g/mol. The molecule has 3 nitrogen and oxygen atoms in total. The van der Waals surface area contributed by atoms with Crippen LogP contribution in [0.3, 0.4) is 0 Å². The molecule has 0 amide bonds. The summed E-state index contributed by atoms with van der Waals surface area (Å²) in [5, 5.41) is 10.7. The first-order valence-corrected chi connectivity index (χ1v) is 6.12. The van der Waals surface area contributed by atoms with Gasteiger partial charge in [0.2, 0.25) is 0 Å². The lowest BCUT2D eigenvalue weighted by Gasteiger charge is -1.98. The average molecular weight is 305 g/mol. The van der Waals surface area contributed by atoms with Crippen molar-refractivity contribution in [3.63, 3.8) is 0 Å². The molecule has 2 aromatic rings. The Morgan fingerprint density at radius 1 is 1.33 bits per heavy atom. The standard InChI is InChI=1S/C12H8Cl3NO2/c1-5(12(17)18)4-7-6-2-3-8(13)9(14)10(6)16-11(7)15/h2-4,16H,1H3,(H,17,18)/b5-4+. The zero-order valence-corrected chi connectivity index (χ0v) is 11.5. The fourth-order valence-corrected chi connectivity index (χ4v) is 2.23. The van der Waals surface area contributed by atoms with Gasteiger partial charge in [-0.25, -0.2) is 4.79 Å². The summed E-state index contributed by atoms with van der Waals surface area (Å²) in [7, 11) is 0. The number of nitrogens with one attached hydrogen (secondary N) is 1.